The maximum absolute atomic E-state index is 13.5. The highest BCUT2D eigenvalue weighted by Gasteiger charge is 2.47. The predicted molar refractivity (Wildman–Crippen MR) is 150 cm³/mol. The van der Waals surface area contributed by atoms with E-state index in [1.165, 1.54) is 11.2 Å². The van der Waals surface area contributed by atoms with Crippen LogP contribution in [0.3, 0.4) is 0 Å². The summed E-state index contributed by atoms with van der Waals surface area (Å²) < 4.78 is 11.0. The van der Waals surface area contributed by atoms with Gasteiger partial charge < -0.3 is 24.3 Å². The van der Waals surface area contributed by atoms with Crippen LogP contribution in [0.25, 0.3) is 5.76 Å². The zero-order valence-corrected chi connectivity index (χ0v) is 23.7. The highest BCUT2D eigenvalue weighted by Crippen LogP contribution is 2.46. The number of phenols is 1. The van der Waals surface area contributed by atoms with Gasteiger partial charge in [0.05, 0.1) is 31.0 Å². The fraction of sp³-hybridized carbons (Fsp3) is 0.375. The molecule has 2 N–H and O–H groups in total. The lowest BCUT2D eigenvalue weighted by Gasteiger charge is -2.31. The van der Waals surface area contributed by atoms with Crippen LogP contribution in [0.5, 0.6) is 11.5 Å². The molecule has 1 aliphatic rings. The zero-order valence-electron chi connectivity index (χ0n) is 23.7. The number of nitrogens with zero attached hydrogens (tertiary/aromatic N) is 1. The number of carbonyl (C=O) groups excluding carboxylic acids is 2. The van der Waals surface area contributed by atoms with Gasteiger partial charge in [0, 0.05) is 5.56 Å². The Hall–Kier alpha value is -4.00. The molecule has 7 heteroatoms. The third kappa shape index (κ3) is 5.44. The van der Waals surface area contributed by atoms with Gasteiger partial charge in [-0.1, -0.05) is 41.5 Å². The number of hydrogen-bond donors (Lipinski definition) is 2. The van der Waals surface area contributed by atoms with Gasteiger partial charge in [-0.25, -0.2) is 0 Å². The number of likely N-dealkylation sites (tertiary alicyclic amines) is 1. The van der Waals surface area contributed by atoms with E-state index < -0.39 is 28.6 Å². The Labute approximate surface area is 229 Å². The molecule has 1 unspecified atom stereocenters. The van der Waals surface area contributed by atoms with Gasteiger partial charge in [0.25, 0.3) is 11.7 Å². The topological polar surface area (TPSA) is 100 Å². The second-order valence-corrected chi connectivity index (χ2v) is 11.9. The lowest BCUT2D eigenvalue weighted by molar-refractivity contribution is -0.140. The molecule has 1 aromatic heterocycles. The van der Waals surface area contributed by atoms with Gasteiger partial charge in [-0.3, -0.25) is 9.59 Å². The summed E-state index contributed by atoms with van der Waals surface area (Å²) in [5, 5.41) is 22.8. The van der Waals surface area contributed by atoms with Crippen LogP contribution in [0.4, 0.5) is 0 Å². The molecule has 0 radical (unpaired) electrons. The highest BCUT2D eigenvalue weighted by molar-refractivity contribution is 6.46. The summed E-state index contributed by atoms with van der Waals surface area (Å²) in [6, 6.07) is 13.0. The Bertz CT molecular complexity index is 1370. The molecule has 1 atom stereocenters. The van der Waals surface area contributed by atoms with Crippen molar-refractivity contribution in [2.24, 2.45) is 0 Å². The van der Waals surface area contributed by atoms with Crippen molar-refractivity contribution < 1.29 is 29.0 Å². The van der Waals surface area contributed by atoms with Crippen LogP contribution < -0.4 is 4.74 Å². The van der Waals surface area contributed by atoms with Crippen LogP contribution in [-0.4, -0.2) is 33.4 Å². The zero-order chi connectivity index (χ0) is 28.7. The first kappa shape index (κ1) is 28.0. The highest BCUT2D eigenvalue weighted by atomic mass is 16.5. The number of furan rings is 1. The van der Waals surface area contributed by atoms with Crippen molar-refractivity contribution >= 4 is 17.4 Å². The maximum Gasteiger partial charge on any atom is 0.296 e. The number of rotatable bonds is 6. The largest absolute Gasteiger partial charge is 0.507 e. The molecule has 1 amide bonds. The van der Waals surface area contributed by atoms with Crippen LogP contribution in [0.2, 0.25) is 0 Å². The number of hydrogen-bond acceptors (Lipinski definition) is 6. The van der Waals surface area contributed by atoms with E-state index in [0.29, 0.717) is 40.4 Å². The quantitative estimate of drug-likeness (QED) is 0.211. The molecule has 3 aromatic rings. The van der Waals surface area contributed by atoms with Crippen LogP contribution in [0, 0.1) is 0 Å². The number of benzene rings is 2. The number of ether oxygens (including phenoxy) is 1. The molecule has 2 heterocycles. The molecule has 4 rings (SSSR count). The average molecular weight is 532 g/mol. The monoisotopic (exact) mass is 531 g/mol. The molecular formula is C32H37NO6. The second kappa shape index (κ2) is 10.3. The Balaban J connectivity index is 1.98. The number of phenolic OH excluding ortho intramolecular Hbond substituents is 1. The SMILES string of the molecule is CCOc1ccc(/C(O)=C2\C(=O)C(=O)N(Cc3ccco3)C2c2cc(C(C)(C)C)c(O)c(C(C)(C)C)c2)cc1. The summed E-state index contributed by atoms with van der Waals surface area (Å²) in [5.74, 6) is -0.452. The van der Waals surface area contributed by atoms with Crippen LogP contribution in [0.1, 0.15) is 82.5 Å². The van der Waals surface area contributed by atoms with E-state index in [-0.39, 0.29) is 23.6 Å². The number of aliphatic hydroxyl groups is 1. The number of ketones is 1. The molecule has 206 valence electrons. The molecule has 0 aliphatic carbocycles. The fourth-order valence-corrected chi connectivity index (χ4v) is 4.95. The maximum atomic E-state index is 13.5. The first-order valence-corrected chi connectivity index (χ1v) is 13.2. The summed E-state index contributed by atoms with van der Waals surface area (Å²) in [7, 11) is 0. The number of aromatic hydroxyl groups is 1. The van der Waals surface area contributed by atoms with Gasteiger partial charge in [-0.05, 0) is 83.0 Å². The summed E-state index contributed by atoms with van der Waals surface area (Å²) in [6.07, 6.45) is 1.51. The van der Waals surface area contributed by atoms with Crippen molar-refractivity contribution in [1.82, 2.24) is 4.90 Å². The molecule has 1 aliphatic heterocycles. The van der Waals surface area contributed by atoms with Gasteiger partial charge in [-0.2, -0.15) is 0 Å². The number of amides is 1. The molecule has 1 fully saturated rings. The summed E-state index contributed by atoms with van der Waals surface area (Å²) in [6.45, 7) is 14.4. The third-order valence-electron chi connectivity index (χ3n) is 6.95. The number of aliphatic hydroxyl groups excluding tert-OH is 1. The second-order valence-electron chi connectivity index (χ2n) is 11.9. The van der Waals surface area contributed by atoms with E-state index in [1.807, 2.05) is 60.6 Å². The molecule has 0 bridgehead atoms. The van der Waals surface area contributed by atoms with E-state index in [4.69, 9.17) is 9.15 Å². The van der Waals surface area contributed by atoms with Gasteiger partial charge in [0.2, 0.25) is 0 Å². The van der Waals surface area contributed by atoms with Crippen molar-refractivity contribution in [3.05, 3.63) is 88.4 Å². The van der Waals surface area contributed by atoms with Gasteiger partial charge >= 0.3 is 0 Å². The van der Waals surface area contributed by atoms with Crippen LogP contribution in [0.15, 0.2) is 64.8 Å². The van der Waals surface area contributed by atoms with Gasteiger partial charge in [0.15, 0.2) is 0 Å². The summed E-state index contributed by atoms with van der Waals surface area (Å²) >= 11 is 0. The smallest absolute Gasteiger partial charge is 0.296 e. The van der Waals surface area contributed by atoms with Crippen molar-refractivity contribution in [2.75, 3.05) is 6.61 Å². The molecule has 7 nitrogen and oxygen atoms in total. The molecule has 1 saturated heterocycles. The molecule has 0 spiro atoms. The fourth-order valence-electron chi connectivity index (χ4n) is 4.95. The van der Waals surface area contributed by atoms with E-state index >= 15 is 0 Å². The first-order chi connectivity index (χ1) is 18.2. The Morgan fingerprint density at radius 3 is 2.05 bits per heavy atom. The predicted octanol–water partition coefficient (Wildman–Crippen LogP) is 6.60. The van der Waals surface area contributed by atoms with Gasteiger partial charge in [-0.15, -0.1) is 0 Å². The average Bonchev–Trinajstić information content (AvgIpc) is 3.45. The number of Topliss-reactive ketones (excluding diaryl/α,β-unsaturated/α-hetero) is 1. The lowest BCUT2D eigenvalue weighted by Crippen LogP contribution is -2.29. The summed E-state index contributed by atoms with van der Waals surface area (Å²) in [5.41, 5.74) is 1.52. The van der Waals surface area contributed by atoms with Crippen LogP contribution in [-0.2, 0) is 27.0 Å². The molecule has 0 saturated carbocycles. The van der Waals surface area contributed by atoms with Crippen molar-refractivity contribution in [3.63, 3.8) is 0 Å². The Morgan fingerprint density at radius 1 is 0.974 bits per heavy atom. The van der Waals surface area contributed by atoms with Crippen molar-refractivity contribution in [3.8, 4) is 11.5 Å². The van der Waals surface area contributed by atoms with E-state index in [9.17, 15) is 19.8 Å². The van der Waals surface area contributed by atoms with Gasteiger partial charge in [0.1, 0.15) is 23.0 Å². The van der Waals surface area contributed by atoms with E-state index in [2.05, 4.69) is 0 Å². The molecular weight excluding hydrogens is 494 g/mol. The number of carbonyl (C=O) groups is 2. The Morgan fingerprint density at radius 2 is 1.56 bits per heavy atom. The minimum atomic E-state index is -0.899. The Kier molecular flexibility index (Phi) is 7.39. The minimum absolute atomic E-state index is 0.0128. The van der Waals surface area contributed by atoms with Crippen molar-refractivity contribution in [1.29, 1.82) is 0 Å². The third-order valence-corrected chi connectivity index (χ3v) is 6.95. The molecule has 2 aromatic carbocycles. The first-order valence-electron chi connectivity index (χ1n) is 13.2. The molecule has 39 heavy (non-hydrogen) atoms. The normalized spacial score (nSPS) is 17.6. The van der Waals surface area contributed by atoms with Crippen molar-refractivity contribution in [2.45, 2.75) is 71.9 Å². The lowest BCUT2D eigenvalue weighted by atomic mass is 9.77. The summed E-state index contributed by atoms with van der Waals surface area (Å²) in [4.78, 5) is 28.4. The minimum Gasteiger partial charge on any atom is -0.507 e. The van der Waals surface area contributed by atoms with Crippen LogP contribution >= 0.6 is 0 Å². The standard InChI is InChI=1S/C32H37NO6/c1-8-38-21-13-11-19(12-14-21)27(34)25-26(33(30(37)29(25)36)18-22-10-9-15-39-22)20-16-23(31(2,3)4)28(35)24(17-20)32(5,6)7/h9-17,26,34-35H,8,18H2,1-7H3/b27-25+. The van der Waals surface area contributed by atoms with E-state index in [1.54, 1.807) is 36.4 Å². The van der Waals surface area contributed by atoms with E-state index in [0.717, 1.165) is 0 Å².